The first-order valence-corrected chi connectivity index (χ1v) is 7.55. The number of carbonyl (C=O) groups excluding carboxylic acids is 2. The second kappa shape index (κ2) is 7.78. The van der Waals surface area contributed by atoms with E-state index in [1.54, 1.807) is 34.6 Å². The highest BCUT2D eigenvalue weighted by atomic mass is 16.6. The van der Waals surface area contributed by atoms with Gasteiger partial charge in [-0.25, -0.2) is 4.79 Å². The Morgan fingerprint density at radius 2 is 1.67 bits per heavy atom. The van der Waals surface area contributed by atoms with Gasteiger partial charge in [-0.2, -0.15) is 0 Å². The van der Waals surface area contributed by atoms with Crippen molar-refractivity contribution in [1.29, 1.82) is 0 Å². The Morgan fingerprint density at radius 3 is 2.05 bits per heavy atom. The quantitative estimate of drug-likeness (QED) is 0.578. The predicted octanol–water partition coefficient (Wildman–Crippen LogP) is 3.35. The van der Waals surface area contributed by atoms with Gasteiger partial charge in [0.15, 0.2) is 0 Å². The predicted molar refractivity (Wildman–Crippen MR) is 82.9 cm³/mol. The molecule has 5 heteroatoms. The number of rotatable bonds is 7. The largest absolute Gasteiger partial charge is 0.444 e. The minimum atomic E-state index is -0.888. The van der Waals surface area contributed by atoms with Gasteiger partial charge in [0.1, 0.15) is 17.6 Å². The molecule has 0 aliphatic rings. The number of nitrogens with zero attached hydrogens (tertiary/aromatic N) is 1. The Kier molecular flexibility index (Phi) is 7.37. The molecule has 1 unspecified atom stereocenters. The lowest BCUT2D eigenvalue weighted by Gasteiger charge is -2.29. The zero-order chi connectivity index (χ0) is 16.8. The van der Waals surface area contributed by atoms with Gasteiger partial charge in [0.25, 0.3) is 0 Å². The first-order valence-electron chi connectivity index (χ1n) is 7.55. The van der Waals surface area contributed by atoms with Gasteiger partial charge in [0.05, 0.1) is 0 Å². The van der Waals surface area contributed by atoms with E-state index >= 15 is 0 Å². The maximum atomic E-state index is 12.0. The molecule has 21 heavy (non-hydrogen) atoms. The van der Waals surface area contributed by atoms with Crippen molar-refractivity contribution in [2.24, 2.45) is 5.41 Å². The van der Waals surface area contributed by atoms with Gasteiger partial charge >= 0.3 is 6.09 Å². The van der Waals surface area contributed by atoms with E-state index in [2.05, 4.69) is 0 Å². The lowest BCUT2D eigenvalue weighted by atomic mass is 9.83. The number of unbranched alkanes of at least 4 members (excludes halogenated alkanes) is 1. The molecule has 5 nitrogen and oxygen atoms in total. The van der Waals surface area contributed by atoms with Gasteiger partial charge < -0.3 is 9.84 Å². The average molecular weight is 301 g/mol. The van der Waals surface area contributed by atoms with Crippen LogP contribution in [0, 0.1) is 5.41 Å². The van der Waals surface area contributed by atoms with Gasteiger partial charge in [0.2, 0.25) is 0 Å². The summed E-state index contributed by atoms with van der Waals surface area (Å²) >= 11 is 0. The van der Waals surface area contributed by atoms with Crippen molar-refractivity contribution in [2.45, 2.75) is 79.6 Å². The molecule has 0 aromatic heterocycles. The van der Waals surface area contributed by atoms with Crippen molar-refractivity contribution in [1.82, 2.24) is 4.90 Å². The molecule has 0 aromatic rings. The van der Waals surface area contributed by atoms with Crippen molar-refractivity contribution < 1.29 is 19.4 Å². The molecule has 124 valence electrons. The summed E-state index contributed by atoms with van der Waals surface area (Å²) in [6, 6.07) is 0. The monoisotopic (exact) mass is 301 g/mol. The minimum absolute atomic E-state index is 0.169. The fourth-order valence-electron chi connectivity index (χ4n) is 1.78. The van der Waals surface area contributed by atoms with Crippen LogP contribution in [0.25, 0.3) is 0 Å². The van der Waals surface area contributed by atoms with Crippen LogP contribution in [0.2, 0.25) is 0 Å². The highest BCUT2D eigenvalue weighted by Gasteiger charge is 2.26. The number of ether oxygens (including phenoxy) is 1. The van der Waals surface area contributed by atoms with Crippen LogP contribution in [0.4, 0.5) is 4.79 Å². The number of aliphatic hydroxyl groups excluding tert-OH is 1. The van der Waals surface area contributed by atoms with Crippen molar-refractivity contribution in [3.05, 3.63) is 0 Å². The van der Waals surface area contributed by atoms with Crippen LogP contribution in [0.5, 0.6) is 0 Å². The summed E-state index contributed by atoms with van der Waals surface area (Å²) in [6.45, 7) is 12.8. The number of Topliss-reactive ketones (excluding diaryl/α,β-unsaturated/α-hetero) is 1. The summed E-state index contributed by atoms with van der Waals surface area (Å²) in [5.41, 5.74) is -0.914. The minimum Gasteiger partial charge on any atom is -0.444 e. The van der Waals surface area contributed by atoms with Crippen LogP contribution in [0.15, 0.2) is 0 Å². The van der Waals surface area contributed by atoms with Crippen LogP contribution in [0.3, 0.4) is 0 Å². The van der Waals surface area contributed by atoms with E-state index in [1.807, 2.05) is 13.8 Å². The lowest BCUT2D eigenvalue weighted by Crippen LogP contribution is -2.42. The average Bonchev–Trinajstić information content (AvgIpc) is 2.25. The number of carbonyl (C=O) groups is 2. The van der Waals surface area contributed by atoms with E-state index < -0.39 is 17.9 Å². The van der Waals surface area contributed by atoms with Crippen LogP contribution in [-0.2, 0) is 9.53 Å². The van der Waals surface area contributed by atoms with E-state index in [-0.39, 0.29) is 11.2 Å². The summed E-state index contributed by atoms with van der Waals surface area (Å²) in [5, 5.41) is 9.70. The van der Waals surface area contributed by atoms with E-state index in [1.165, 1.54) is 4.90 Å². The molecular weight excluding hydrogens is 270 g/mol. The molecule has 0 aliphatic carbocycles. The molecule has 0 heterocycles. The summed E-state index contributed by atoms with van der Waals surface area (Å²) in [4.78, 5) is 24.7. The fraction of sp³-hybridized carbons (Fsp3) is 0.875. The number of ketones is 1. The zero-order valence-corrected chi connectivity index (χ0v) is 14.5. The summed E-state index contributed by atoms with van der Waals surface area (Å²) in [7, 11) is 0. The third-order valence-corrected chi connectivity index (χ3v) is 3.48. The summed E-state index contributed by atoms with van der Waals surface area (Å²) in [5.74, 6) is 0.169. The van der Waals surface area contributed by atoms with E-state index in [0.717, 1.165) is 19.3 Å². The van der Waals surface area contributed by atoms with Gasteiger partial charge in [-0.1, -0.05) is 20.3 Å². The fourth-order valence-corrected chi connectivity index (χ4v) is 1.78. The lowest BCUT2D eigenvalue weighted by molar-refractivity contribution is -0.125. The maximum Gasteiger partial charge on any atom is 0.412 e. The normalized spacial score (nSPS) is 13.7. The van der Waals surface area contributed by atoms with Crippen molar-refractivity contribution in [3.63, 3.8) is 0 Å². The van der Waals surface area contributed by atoms with Crippen LogP contribution >= 0.6 is 0 Å². The Labute approximate surface area is 128 Å². The maximum absolute atomic E-state index is 12.0. The smallest absolute Gasteiger partial charge is 0.412 e. The number of amides is 1. The number of hydrogen-bond acceptors (Lipinski definition) is 4. The van der Waals surface area contributed by atoms with Crippen LogP contribution in [0.1, 0.15) is 67.7 Å². The SMILES string of the molecule is CC(=O)C(C)(C)CCCCN(C(=O)OC(C)(C)C)C(C)O. The molecule has 0 saturated carbocycles. The van der Waals surface area contributed by atoms with Gasteiger partial charge in [-0.05, 0) is 47.5 Å². The Balaban J connectivity index is 4.36. The zero-order valence-electron chi connectivity index (χ0n) is 14.5. The van der Waals surface area contributed by atoms with E-state index in [9.17, 15) is 14.7 Å². The van der Waals surface area contributed by atoms with Gasteiger partial charge in [-0.3, -0.25) is 9.69 Å². The van der Waals surface area contributed by atoms with Crippen molar-refractivity contribution in [2.75, 3.05) is 6.54 Å². The molecule has 0 aromatic carbocycles. The molecule has 1 atom stereocenters. The molecule has 0 aliphatic heterocycles. The molecule has 0 radical (unpaired) electrons. The van der Waals surface area contributed by atoms with Crippen molar-refractivity contribution >= 4 is 11.9 Å². The molecule has 0 saturated heterocycles. The summed E-state index contributed by atoms with van der Waals surface area (Å²) < 4.78 is 5.27. The Morgan fingerprint density at radius 1 is 1.14 bits per heavy atom. The highest BCUT2D eigenvalue weighted by Crippen LogP contribution is 2.24. The number of aliphatic hydroxyl groups is 1. The van der Waals surface area contributed by atoms with Gasteiger partial charge in [-0.15, -0.1) is 0 Å². The highest BCUT2D eigenvalue weighted by molar-refractivity contribution is 5.81. The first kappa shape index (κ1) is 19.9. The molecule has 0 bridgehead atoms. The Hall–Kier alpha value is -1.10. The Bertz CT molecular complexity index is 356. The second-order valence-electron chi connectivity index (χ2n) is 7.20. The van der Waals surface area contributed by atoms with Crippen LogP contribution < -0.4 is 0 Å². The van der Waals surface area contributed by atoms with E-state index in [0.29, 0.717) is 6.54 Å². The van der Waals surface area contributed by atoms with Gasteiger partial charge in [0, 0.05) is 12.0 Å². The standard InChI is InChI=1S/C16H31NO4/c1-12(18)16(6,7)10-8-9-11-17(13(2)19)14(20)21-15(3,4)5/h13,19H,8-11H2,1-7H3. The first-order chi connectivity index (χ1) is 9.37. The number of hydrogen-bond donors (Lipinski definition) is 1. The third-order valence-electron chi connectivity index (χ3n) is 3.48. The summed E-state index contributed by atoms with van der Waals surface area (Å²) in [6.07, 6.45) is 0.910. The van der Waals surface area contributed by atoms with E-state index in [4.69, 9.17) is 4.74 Å². The molecule has 0 rings (SSSR count). The molecule has 1 N–H and O–H groups in total. The molecule has 0 spiro atoms. The molecule has 0 fully saturated rings. The molecule has 1 amide bonds. The second-order valence-corrected chi connectivity index (χ2v) is 7.20. The van der Waals surface area contributed by atoms with Crippen LogP contribution in [-0.4, -0.2) is 40.3 Å². The van der Waals surface area contributed by atoms with Crippen molar-refractivity contribution in [3.8, 4) is 0 Å². The third kappa shape index (κ3) is 8.05. The molecular formula is C16H31NO4. The topological polar surface area (TPSA) is 66.8 Å².